The van der Waals surface area contributed by atoms with E-state index in [0.717, 1.165) is 44.8 Å². The third-order valence-corrected chi connectivity index (χ3v) is 13.4. The second-order valence-corrected chi connectivity index (χ2v) is 16.3. The number of benzene rings is 3. The lowest BCUT2D eigenvalue weighted by Crippen LogP contribution is -2.48. The summed E-state index contributed by atoms with van der Waals surface area (Å²) in [4.78, 5) is 65.5. The average Bonchev–Trinajstić information content (AvgIpc) is 3.60. The number of hydrogen-bond donors (Lipinski definition) is 1. The van der Waals surface area contributed by atoms with E-state index in [0.29, 0.717) is 44.1 Å². The number of imide groups is 2. The highest BCUT2D eigenvalue weighted by atomic mass is 19.1. The lowest BCUT2D eigenvalue weighted by Gasteiger charge is -2.44. The van der Waals surface area contributed by atoms with Crippen molar-refractivity contribution in [3.63, 3.8) is 0 Å². The largest absolute Gasteiger partial charge is 0.505 e. The number of hydrogen-bond acceptors (Lipinski definition) is 7. The number of piperidine rings is 2. The Morgan fingerprint density at radius 3 is 1.67 bits per heavy atom. The number of amides is 4. The molecule has 4 saturated heterocycles. The summed E-state index contributed by atoms with van der Waals surface area (Å²) in [5.74, 6) is -5.63. The molecule has 3 aromatic rings. The predicted octanol–water partition coefficient (Wildman–Crippen LogP) is 5.50. The molecule has 0 aromatic heterocycles. The molecular weight excluding hydrogens is 684 g/mol. The molecule has 1 N–H and O–H groups in total. The monoisotopic (exact) mass is 730 g/mol. The van der Waals surface area contributed by atoms with E-state index >= 15 is 4.39 Å². The number of phenolic OH excluding ortho intramolecular Hbond substituents is 1. The molecule has 3 aromatic carbocycles. The first-order valence-corrected chi connectivity index (χ1v) is 19.7. The van der Waals surface area contributed by atoms with Gasteiger partial charge in [0, 0.05) is 57.3 Å². The zero-order chi connectivity index (χ0) is 37.1. The Kier molecular flexibility index (Phi) is 9.22. The van der Waals surface area contributed by atoms with Crippen LogP contribution in [0.3, 0.4) is 0 Å². The van der Waals surface area contributed by atoms with Crippen molar-refractivity contribution >= 4 is 23.6 Å². The number of fused-ring (bicyclic) bond motifs is 4. The van der Waals surface area contributed by atoms with Gasteiger partial charge in [-0.2, -0.15) is 0 Å². The van der Waals surface area contributed by atoms with Crippen molar-refractivity contribution in [2.75, 3.05) is 26.2 Å². The highest BCUT2D eigenvalue weighted by molar-refractivity contribution is 6.08. The number of phenols is 1. The fraction of sp³-hybridized carbons (Fsp3) is 0.455. The minimum absolute atomic E-state index is 0.131. The van der Waals surface area contributed by atoms with Crippen molar-refractivity contribution < 1.29 is 28.7 Å². The van der Waals surface area contributed by atoms with Crippen LogP contribution in [-0.4, -0.2) is 86.6 Å². The van der Waals surface area contributed by atoms with Crippen molar-refractivity contribution in [3.8, 4) is 5.75 Å². The maximum absolute atomic E-state index is 15.0. The molecule has 5 fully saturated rings. The van der Waals surface area contributed by atoms with Crippen LogP contribution in [0.25, 0.3) is 0 Å². The fourth-order valence-electron chi connectivity index (χ4n) is 10.8. The van der Waals surface area contributed by atoms with E-state index < -0.39 is 47.1 Å². The Bertz CT molecular complexity index is 1970. The van der Waals surface area contributed by atoms with Crippen LogP contribution in [0.2, 0.25) is 0 Å². The highest BCUT2D eigenvalue weighted by Crippen LogP contribution is 2.58. The molecule has 0 radical (unpaired) electrons. The Labute approximate surface area is 315 Å². The van der Waals surface area contributed by atoms with Gasteiger partial charge in [-0.3, -0.25) is 38.8 Å². The van der Waals surface area contributed by atoms with Crippen LogP contribution in [-0.2, 0) is 32.3 Å². The molecule has 4 heterocycles. The second kappa shape index (κ2) is 14.2. The minimum Gasteiger partial charge on any atom is -0.505 e. The van der Waals surface area contributed by atoms with Gasteiger partial charge < -0.3 is 5.11 Å². The van der Waals surface area contributed by atoms with Crippen molar-refractivity contribution in [2.45, 2.75) is 69.6 Å². The van der Waals surface area contributed by atoms with Gasteiger partial charge in [0.05, 0.1) is 23.7 Å². The highest BCUT2D eigenvalue weighted by Gasteiger charge is 2.63. The quantitative estimate of drug-likeness (QED) is 0.253. The summed E-state index contributed by atoms with van der Waals surface area (Å²) in [5.41, 5.74) is 3.82. The van der Waals surface area contributed by atoms with Gasteiger partial charge in [0.15, 0.2) is 11.6 Å². The lowest BCUT2D eigenvalue weighted by atomic mass is 9.57. The van der Waals surface area contributed by atoms with Gasteiger partial charge in [0.1, 0.15) is 0 Å². The van der Waals surface area contributed by atoms with Gasteiger partial charge in [-0.1, -0.05) is 78.4 Å². The van der Waals surface area contributed by atoms with Crippen molar-refractivity contribution in [1.82, 2.24) is 19.6 Å². The number of carbonyl (C=O) groups excluding carboxylic acids is 4. The Morgan fingerprint density at radius 1 is 0.611 bits per heavy atom. The van der Waals surface area contributed by atoms with E-state index in [1.165, 1.54) is 28.2 Å². The van der Waals surface area contributed by atoms with Crippen LogP contribution in [0, 0.1) is 35.4 Å². The van der Waals surface area contributed by atoms with Crippen molar-refractivity contribution in [3.05, 3.63) is 113 Å². The zero-order valence-electron chi connectivity index (χ0n) is 30.4. The maximum Gasteiger partial charge on any atom is 0.234 e. The molecule has 6 atom stereocenters. The Morgan fingerprint density at radius 2 is 1.13 bits per heavy atom. The molecule has 6 aliphatic rings. The molecule has 280 valence electrons. The number of likely N-dealkylation sites (tertiary alicyclic amines) is 4. The fourth-order valence-corrected chi connectivity index (χ4v) is 10.8. The number of rotatable bonds is 7. The molecule has 0 unspecified atom stereocenters. The molecule has 4 aliphatic heterocycles. The van der Waals surface area contributed by atoms with Crippen LogP contribution in [0.1, 0.15) is 61.1 Å². The molecule has 9 rings (SSSR count). The van der Waals surface area contributed by atoms with Crippen LogP contribution in [0.15, 0.2) is 90.5 Å². The number of aromatic hydroxyl groups is 1. The van der Waals surface area contributed by atoms with E-state index in [1.54, 1.807) is 11.0 Å². The van der Waals surface area contributed by atoms with Gasteiger partial charge in [-0.15, -0.1) is 0 Å². The summed E-state index contributed by atoms with van der Waals surface area (Å²) in [7, 11) is 0. The minimum atomic E-state index is -0.795. The van der Waals surface area contributed by atoms with Crippen LogP contribution in [0.5, 0.6) is 5.75 Å². The Balaban J connectivity index is 0.964. The van der Waals surface area contributed by atoms with Crippen LogP contribution in [0.4, 0.5) is 4.39 Å². The van der Waals surface area contributed by atoms with Gasteiger partial charge in [0.2, 0.25) is 23.6 Å². The summed E-state index contributed by atoms with van der Waals surface area (Å²) in [6.07, 6.45) is 5.45. The van der Waals surface area contributed by atoms with E-state index in [-0.39, 0.29) is 35.7 Å². The van der Waals surface area contributed by atoms with E-state index in [2.05, 4.69) is 34.1 Å². The van der Waals surface area contributed by atoms with Crippen molar-refractivity contribution in [2.24, 2.45) is 29.6 Å². The topological polar surface area (TPSA) is 101 Å². The summed E-state index contributed by atoms with van der Waals surface area (Å²) in [6, 6.07) is 24.4. The molecule has 9 nitrogen and oxygen atoms in total. The molecule has 54 heavy (non-hydrogen) atoms. The Hall–Kier alpha value is -4.67. The molecule has 0 bridgehead atoms. The predicted molar refractivity (Wildman–Crippen MR) is 199 cm³/mol. The van der Waals surface area contributed by atoms with Gasteiger partial charge in [-0.25, -0.2) is 4.39 Å². The molecule has 1 saturated carbocycles. The first-order valence-electron chi connectivity index (χ1n) is 19.7. The lowest BCUT2D eigenvalue weighted by molar-refractivity contribution is -0.146. The second-order valence-electron chi connectivity index (χ2n) is 16.3. The molecule has 2 aliphatic carbocycles. The van der Waals surface area contributed by atoms with Crippen LogP contribution < -0.4 is 0 Å². The smallest absolute Gasteiger partial charge is 0.234 e. The number of carbonyl (C=O) groups is 4. The first-order chi connectivity index (χ1) is 26.3. The number of allylic oxidation sites excluding steroid dienone is 2. The van der Waals surface area contributed by atoms with E-state index in [1.807, 2.05) is 42.5 Å². The van der Waals surface area contributed by atoms with Gasteiger partial charge in [-0.05, 0) is 73.3 Å². The summed E-state index contributed by atoms with van der Waals surface area (Å²) >= 11 is 0. The molecule has 4 amide bonds. The molecular formula is C44H47FN4O5. The zero-order valence-corrected chi connectivity index (χ0v) is 30.4. The average molecular weight is 731 g/mol. The molecule has 0 spiro atoms. The van der Waals surface area contributed by atoms with E-state index in [9.17, 15) is 24.3 Å². The van der Waals surface area contributed by atoms with Crippen molar-refractivity contribution in [1.29, 1.82) is 0 Å². The van der Waals surface area contributed by atoms with Gasteiger partial charge >= 0.3 is 0 Å². The number of nitrogens with zero attached hydrogens (tertiary/aromatic N) is 4. The normalized spacial score (nSPS) is 29.7. The van der Waals surface area contributed by atoms with E-state index in [4.69, 9.17) is 0 Å². The third kappa shape index (κ3) is 6.07. The standard InChI is InChI=1S/C44H47FN4O5/c45-36-23-29(11-14-37(36)50)38-32-12-13-33-39(43(53)48(41(33)51)30-15-19-46(20-16-30)25-27-7-3-1-4-8-27)34(32)24-35-40(38)44(54)49(42(35)52)31-17-21-47(22-18-31)26-28-9-5-2-6-10-28/h1-12,14,23,30-31,33-35,38-40,50H,13,15-22,24-26H2/t33-,34+,35+,38-,39-,40+/m0/s1. The first kappa shape index (κ1) is 35.1. The van der Waals surface area contributed by atoms with Gasteiger partial charge in [0.25, 0.3) is 0 Å². The maximum atomic E-state index is 15.0. The molecule has 10 heteroatoms. The summed E-state index contributed by atoms with van der Waals surface area (Å²) in [5, 5.41) is 10.1. The third-order valence-electron chi connectivity index (χ3n) is 13.4. The summed E-state index contributed by atoms with van der Waals surface area (Å²) < 4.78 is 15.0. The number of halogens is 1. The SMILES string of the molecule is O=C1[C@H]2[C@H](CC=C3[C@H]2C[C@H]2C(=O)N(C4CCN(Cc5ccccc5)CC4)C(=O)[C@H]2[C@H]3c2ccc(O)c(F)c2)C(=O)N1C1CCN(Cc2ccccc2)CC1. The van der Waals surface area contributed by atoms with Crippen LogP contribution >= 0.6 is 0 Å². The summed E-state index contributed by atoms with van der Waals surface area (Å²) in [6.45, 7) is 4.73.